The minimum absolute atomic E-state index is 0.0495. The van der Waals surface area contributed by atoms with Gasteiger partial charge in [-0.25, -0.2) is 8.42 Å². The number of amides is 1. The molecule has 28 heavy (non-hydrogen) atoms. The molecule has 0 spiro atoms. The van der Waals surface area contributed by atoms with Crippen LogP contribution in [0.1, 0.15) is 19.4 Å². The zero-order chi connectivity index (χ0) is 20.9. The molecule has 1 amide bonds. The molecule has 9 heteroatoms. The Morgan fingerprint density at radius 1 is 1.18 bits per heavy atom. The van der Waals surface area contributed by atoms with Crippen LogP contribution in [0.25, 0.3) is 0 Å². The molecule has 2 rings (SSSR count). The number of ether oxygens (including phenoxy) is 2. The van der Waals surface area contributed by atoms with Crippen molar-refractivity contribution in [3.8, 4) is 11.5 Å². The number of sulfonamides is 1. The first kappa shape index (κ1) is 22.0. The van der Waals surface area contributed by atoms with E-state index >= 15 is 0 Å². The Kier molecular flexibility index (Phi) is 7.29. The van der Waals surface area contributed by atoms with Gasteiger partial charge in [-0.05, 0) is 62.7 Å². The molecular formula is C19H23ClN2O5S. The molecule has 0 unspecified atom stereocenters. The Morgan fingerprint density at radius 2 is 1.86 bits per heavy atom. The van der Waals surface area contributed by atoms with Crippen molar-refractivity contribution >= 4 is 33.2 Å². The van der Waals surface area contributed by atoms with Crippen LogP contribution in [-0.4, -0.2) is 34.1 Å². The van der Waals surface area contributed by atoms with Gasteiger partial charge >= 0.3 is 0 Å². The van der Waals surface area contributed by atoms with Crippen molar-refractivity contribution in [3.63, 3.8) is 0 Å². The predicted molar refractivity (Wildman–Crippen MR) is 109 cm³/mol. The Balaban J connectivity index is 2.14. The number of nitrogens with one attached hydrogen (secondary N) is 2. The second-order valence-corrected chi connectivity index (χ2v) is 8.19. The highest BCUT2D eigenvalue weighted by molar-refractivity contribution is 7.89. The molecule has 0 bridgehead atoms. The van der Waals surface area contributed by atoms with E-state index in [1.807, 2.05) is 6.92 Å². The molecular weight excluding hydrogens is 404 g/mol. The normalized spacial score (nSPS) is 12.3. The minimum Gasteiger partial charge on any atom is -0.495 e. The molecule has 0 radical (unpaired) electrons. The molecule has 2 aromatic rings. The van der Waals surface area contributed by atoms with Crippen molar-refractivity contribution < 1.29 is 22.7 Å². The summed E-state index contributed by atoms with van der Waals surface area (Å²) >= 11 is 5.94. The molecule has 2 N–H and O–H groups in total. The minimum atomic E-state index is -3.90. The molecule has 0 saturated heterocycles. The molecule has 1 atom stereocenters. The fourth-order valence-electron chi connectivity index (χ4n) is 2.48. The number of aryl methyl sites for hydroxylation is 1. The van der Waals surface area contributed by atoms with E-state index in [4.69, 9.17) is 21.1 Å². The van der Waals surface area contributed by atoms with Gasteiger partial charge in [0.1, 0.15) is 11.5 Å². The van der Waals surface area contributed by atoms with Gasteiger partial charge in [-0.3, -0.25) is 4.79 Å². The third kappa shape index (κ3) is 5.37. The number of methoxy groups -OCH3 is 1. The number of carbonyl (C=O) groups excluding carboxylic acids is 1. The second kappa shape index (κ2) is 9.27. The van der Waals surface area contributed by atoms with Gasteiger partial charge in [-0.2, -0.15) is 4.72 Å². The highest BCUT2D eigenvalue weighted by atomic mass is 35.5. The maximum absolute atomic E-state index is 12.6. The van der Waals surface area contributed by atoms with Crippen molar-refractivity contribution in [1.82, 2.24) is 4.72 Å². The highest BCUT2D eigenvalue weighted by Crippen LogP contribution is 2.28. The SMILES string of the molecule is CCOc1ccc(S(=O)(=O)N[C@H](C)C(=O)Nc2cc(Cl)ccc2OC)cc1C. The first-order valence-electron chi connectivity index (χ1n) is 8.58. The van der Waals surface area contributed by atoms with Crippen molar-refractivity contribution in [2.75, 3.05) is 19.0 Å². The number of anilines is 1. The molecule has 0 aromatic heterocycles. The summed E-state index contributed by atoms with van der Waals surface area (Å²) in [6, 6.07) is 8.25. The van der Waals surface area contributed by atoms with Gasteiger partial charge in [0.2, 0.25) is 15.9 Å². The van der Waals surface area contributed by atoms with E-state index < -0.39 is 22.0 Å². The summed E-state index contributed by atoms with van der Waals surface area (Å²) in [5.74, 6) is 0.474. The summed E-state index contributed by atoms with van der Waals surface area (Å²) in [7, 11) is -2.44. The molecule has 0 saturated carbocycles. The topological polar surface area (TPSA) is 93.7 Å². The summed E-state index contributed by atoms with van der Waals surface area (Å²) in [4.78, 5) is 12.5. The lowest BCUT2D eigenvalue weighted by molar-refractivity contribution is -0.117. The van der Waals surface area contributed by atoms with Crippen molar-refractivity contribution in [2.24, 2.45) is 0 Å². The quantitative estimate of drug-likeness (QED) is 0.675. The Bertz CT molecular complexity index is 963. The van der Waals surface area contributed by atoms with Gasteiger partial charge in [-0.1, -0.05) is 11.6 Å². The number of hydrogen-bond acceptors (Lipinski definition) is 5. The van der Waals surface area contributed by atoms with Gasteiger partial charge in [0.05, 0.1) is 30.3 Å². The molecule has 0 aliphatic carbocycles. The number of carbonyl (C=O) groups is 1. The van der Waals surface area contributed by atoms with E-state index in [0.29, 0.717) is 34.4 Å². The zero-order valence-electron chi connectivity index (χ0n) is 16.1. The monoisotopic (exact) mass is 426 g/mol. The van der Waals surface area contributed by atoms with Gasteiger partial charge in [0.15, 0.2) is 0 Å². The molecule has 0 fully saturated rings. The Morgan fingerprint density at radius 3 is 2.46 bits per heavy atom. The molecule has 7 nitrogen and oxygen atoms in total. The van der Waals surface area contributed by atoms with Crippen LogP contribution in [0.15, 0.2) is 41.3 Å². The number of rotatable bonds is 8. The lowest BCUT2D eigenvalue weighted by Gasteiger charge is -2.17. The fraction of sp³-hybridized carbons (Fsp3) is 0.316. The first-order chi connectivity index (χ1) is 13.2. The van der Waals surface area contributed by atoms with Crippen molar-refractivity contribution in [2.45, 2.75) is 31.7 Å². The van der Waals surface area contributed by atoms with Crippen molar-refractivity contribution in [1.29, 1.82) is 0 Å². The standard InChI is InChI=1S/C19H23ClN2O5S/c1-5-27-17-9-7-15(10-12(17)2)28(24,25)22-13(3)19(23)21-16-11-14(20)6-8-18(16)26-4/h6-11,13,22H,5H2,1-4H3,(H,21,23)/t13-/m1/s1. The third-order valence-electron chi connectivity index (χ3n) is 3.90. The molecule has 0 aliphatic heterocycles. The number of benzene rings is 2. The molecule has 0 heterocycles. The third-order valence-corrected chi connectivity index (χ3v) is 5.67. The highest BCUT2D eigenvalue weighted by Gasteiger charge is 2.23. The van der Waals surface area contributed by atoms with Crippen LogP contribution in [0.4, 0.5) is 5.69 Å². The molecule has 152 valence electrons. The van der Waals surface area contributed by atoms with Gasteiger partial charge in [0, 0.05) is 5.02 Å². The van der Waals surface area contributed by atoms with Gasteiger partial charge in [0.25, 0.3) is 0 Å². The van der Waals surface area contributed by atoms with Crippen molar-refractivity contribution in [3.05, 3.63) is 47.0 Å². The first-order valence-corrected chi connectivity index (χ1v) is 10.4. The van der Waals surface area contributed by atoms with E-state index in [1.165, 1.54) is 32.2 Å². The van der Waals surface area contributed by atoms with Crippen LogP contribution in [0.5, 0.6) is 11.5 Å². The Hall–Kier alpha value is -2.29. The number of hydrogen-bond donors (Lipinski definition) is 2. The lowest BCUT2D eigenvalue weighted by atomic mass is 10.2. The molecule has 2 aromatic carbocycles. The van der Waals surface area contributed by atoms with Crippen LogP contribution in [0, 0.1) is 6.92 Å². The summed E-state index contributed by atoms with van der Waals surface area (Å²) in [6.45, 7) is 5.53. The summed E-state index contributed by atoms with van der Waals surface area (Å²) in [5, 5.41) is 3.03. The van der Waals surface area contributed by atoms with E-state index in [-0.39, 0.29) is 4.90 Å². The maximum atomic E-state index is 12.6. The van der Waals surface area contributed by atoms with Gasteiger partial charge < -0.3 is 14.8 Å². The van der Waals surface area contributed by atoms with E-state index in [0.717, 1.165) is 0 Å². The summed E-state index contributed by atoms with van der Waals surface area (Å²) in [5.41, 5.74) is 1.04. The zero-order valence-corrected chi connectivity index (χ0v) is 17.6. The van der Waals surface area contributed by atoms with E-state index in [1.54, 1.807) is 25.1 Å². The largest absolute Gasteiger partial charge is 0.495 e. The second-order valence-electron chi connectivity index (χ2n) is 6.04. The van der Waals surface area contributed by atoms with Crippen LogP contribution in [0.3, 0.4) is 0 Å². The van der Waals surface area contributed by atoms with Crippen LogP contribution < -0.4 is 19.5 Å². The van der Waals surface area contributed by atoms with Crippen LogP contribution >= 0.6 is 11.6 Å². The van der Waals surface area contributed by atoms with Crippen LogP contribution in [-0.2, 0) is 14.8 Å². The number of halogens is 1. The smallest absolute Gasteiger partial charge is 0.242 e. The fourth-order valence-corrected chi connectivity index (χ4v) is 3.94. The predicted octanol–water partition coefficient (Wildman–Crippen LogP) is 3.36. The van der Waals surface area contributed by atoms with Crippen LogP contribution in [0.2, 0.25) is 5.02 Å². The molecule has 0 aliphatic rings. The maximum Gasteiger partial charge on any atom is 0.242 e. The summed E-state index contributed by atoms with van der Waals surface area (Å²) in [6.07, 6.45) is 0. The average molecular weight is 427 g/mol. The Labute approximate surface area is 170 Å². The average Bonchev–Trinajstić information content (AvgIpc) is 2.63. The van der Waals surface area contributed by atoms with Gasteiger partial charge in [-0.15, -0.1) is 0 Å². The van der Waals surface area contributed by atoms with E-state index in [2.05, 4.69) is 10.0 Å². The van der Waals surface area contributed by atoms with E-state index in [9.17, 15) is 13.2 Å². The summed E-state index contributed by atoms with van der Waals surface area (Å²) < 4.78 is 38.2. The lowest BCUT2D eigenvalue weighted by Crippen LogP contribution is -2.41.